The molecule has 4 rings (SSSR count). The van der Waals surface area contributed by atoms with Crippen molar-refractivity contribution in [1.82, 2.24) is 15.0 Å². The molecule has 24 heavy (non-hydrogen) atoms. The summed E-state index contributed by atoms with van der Waals surface area (Å²) in [5, 5.41) is 4.81. The minimum absolute atomic E-state index is 0.541. The van der Waals surface area contributed by atoms with Crippen molar-refractivity contribution >= 4 is 34.2 Å². The molecule has 6 heteroatoms. The summed E-state index contributed by atoms with van der Waals surface area (Å²) in [6.07, 6.45) is 4.95. The lowest BCUT2D eigenvalue weighted by molar-refractivity contribution is 0.615. The van der Waals surface area contributed by atoms with E-state index in [9.17, 15) is 0 Å². The Bertz CT molecular complexity index is 997. The van der Waals surface area contributed by atoms with Crippen molar-refractivity contribution in [3.8, 4) is 11.3 Å². The number of hydrogen-bond acceptors (Lipinski definition) is 5. The van der Waals surface area contributed by atoms with E-state index < -0.39 is 0 Å². The van der Waals surface area contributed by atoms with Crippen LogP contribution in [0.2, 0.25) is 5.02 Å². The molecule has 3 heterocycles. The number of hydrogen-bond donors (Lipinski definition) is 1. The zero-order valence-corrected chi connectivity index (χ0v) is 13.6. The molecule has 118 valence electrons. The van der Waals surface area contributed by atoms with Gasteiger partial charge in [-0.25, -0.2) is 9.97 Å². The second kappa shape index (κ2) is 5.94. The highest BCUT2D eigenvalue weighted by Gasteiger charge is 2.17. The van der Waals surface area contributed by atoms with Crippen LogP contribution in [0.1, 0.15) is 5.56 Å². The van der Waals surface area contributed by atoms with Crippen LogP contribution in [0.15, 0.2) is 59.5 Å². The van der Waals surface area contributed by atoms with Gasteiger partial charge >= 0.3 is 0 Å². The molecule has 1 N–H and O–H groups in total. The second-order valence-corrected chi connectivity index (χ2v) is 5.77. The smallest absolute Gasteiger partial charge is 0.232 e. The average Bonchev–Trinajstić information content (AvgIpc) is 2.94. The molecule has 0 aliphatic rings. The molecule has 0 aliphatic carbocycles. The lowest BCUT2D eigenvalue weighted by Gasteiger charge is -2.05. The molecule has 0 amide bonds. The molecule has 0 fully saturated rings. The van der Waals surface area contributed by atoms with E-state index in [-0.39, 0.29) is 0 Å². The van der Waals surface area contributed by atoms with Gasteiger partial charge in [-0.1, -0.05) is 11.6 Å². The molecule has 0 saturated carbocycles. The molecular weight excluding hydrogens is 324 g/mol. The van der Waals surface area contributed by atoms with Gasteiger partial charge in [0.15, 0.2) is 0 Å². The largest absolute Gasteiger partial charge is 0.437 e. The van der Waals surface area contributed by atoms with Crippen LogP contribution in [0, 0.1) is 6.92 Å². The predicted octanol–water partition coefficient (Wildman–Crippen LogP) is 4.99. The molecular formula is C18H13ClN4O. The van der Waals surface area contributed by atoms with Crippen molar-refractivity contribution < 1.29 is 4.42 Å². The van der Waals surface area contributed by atoms with Crippen LogP contribution < -0.4 is 5.32 Å². The van der Waals surface area contributed by atoms with Gasteiger partial charge in [0.05, 0.1) is 17.3 Å². The lowest BCUT2D eigenvalue weighted by Crippen LogP contribution is -1.95. The first kappa shape index (κ1) is 14.7. The number of halogens is 1. The summed E-state index contributed by atoms with van der Waals surface area (Å²) in [5.74, 6) is 1.45. The fraction of sp³-hybridized carbons (Fsp3) is 0.0556. The molecule has 3 aromatic heterocycles. The van der Waals surface area contributed by atoms with Gasteiger partial charge < -0.3 is 9.73 Å². The summed E-state index contributed by atoms with van der Waals surface area (Å²) in [6, 6.07) is 11.3. The Kier molecular flexibility index (Phi) is 3.63. The Labute approximate surface area is 143 Å². The third-order valence-corrected chi connectivity index (χ3v) is 4.01. The van der Waals surface area contributed by atoms with Crippen molar-refractivity contribution in [2.24, 2.45) is 0 Å². The maximum atomic E-state index is 5.96. The van der Waals surface area contributed by atoms with Crippen LogP contribution in [0.4, 0.5) is 11.5 Å². The highest BCUT2D eigenvalue weighted by atomic mass is 35.5. The van der Waals surface area contributed by atoms with Gasteiger partial charge in [0.1, 0.15) is 17.9 Å². The summed E-state index contributed by atoms with van der Waals surface area (Å²) in [5.41, 5.74) is 3.31. The van der Waals surface area contributed by atoms with E-state index in [0.29, 0.717) is 16.6 Å². The highest BCUT2D eigenvalue weighted by Crippen LogP contribution is 2.36. The first-order valence-corrected chi connectivity index (χ1v) is 7.77. The summed E-state index contributed by atoms with van der Waals surface area (Å²) >= 11 is 5.96. The quantitative estimate of drug-likeness (QED) is 0.571. The van der Waals surface area contributed by atoms with Gasteiger partial charge in [0, 0.05) is 22.3 Å². The van der Waals surface area contributed by atoms with Crippen LogP contribution in [-0.4, -0.2) is 15.0 Å². The summed E-state index contributed by atoms with van der Waals surface area (Å²) < 4.78 is 5.95. The van der Waals surface area contributed by atoms with Crippen molar-refractivity contribution in [1.29, 1.82) is 0 Å². The zero-order valence-electron chi connectivity index (χ0n) is 12.8. The Balaban J connectivity index is 1.84. The van der Waals surface area contributed by atoms with Gasteiger partial charge in [0.25, 0.3) is 0 Å². The average molecular weight is 337 g/mol. The number of anilines is 2. The number of benzene rings is 1. The highest BCUT2D eigenvalue weighted by molar-refractivity contribution is 6.30. The van der Waals surface area contributed by atoms with Crippen molar-refractivity contribution in [3.05, 3.63) is 65.7 Å². The molecule has 0 atom stereocenters. The minimum Gasteiger partial charge on any atom is -0.437 e. The Hall–Kier alpha value is -2.92. The fourth-order valence-corrected chi connectivity index (χ4v) is 2.74. The van der Waals surface area contributed by atoms with Crippen molar-refractivity contribution in [2.45, 2.75) is 6.92 Å². The van der Waals surface area contributed by atoms with Gasteiger partial charge in [-0.05, 0) is 43.3 Å². The van der Waals surface area contributed by atoms with Crippen molar-refractivity contribution in [3.63, 3.8) is 0 Å². The molecule has 5 nitrogen and oxygen atoms in total. The maximum Gasteiger partial charge on any atom is 0.232 e. The summed E-state index contributed by atoms with van der Waals surface area (Å²) in [7, 11) is 0. The normalized spacial score (nSPS) is 10.9. The lowest BCUT2D eigenvalue weighted by atomic mass is 10.1. The van der Waals surface area contributed by atoms with Gasteiger partial charge in [-0.3, -0.25) is 4.98 Å². The van der Waals surface area contributed by atoms with Gasteiger partial charge in [-0.15, -0.1) is 0 Å². The van der Waals surface area contributed by atoms with Gasteiger partial charge in [0.2, 0.25) is 5.71 Å². The number of aryl methyl sites for hydroxylation is 1. The van der Waals surface area contributed by atoms with Crippen LogP contribution in [-0.2, 0) is 0 Å². The Morgan fingerprint density at radius 1 is 1.08 bits per heavy atom. The maximum absolute atomic E-state index is 5.96. The van der Waals surface area contributed by atoms with E-state index in [2.05, 4.69) is 20.3 Å². The standard InChI is InChI=1S/C18H13ClN4O/c1-11-15-17(23-14-3-2-8-20-9-14)21-10-22-18(15)24-16(11)12-4-6-13(19)7-5-12/h2-10H,1H3,(H,21,22,23). The monoisotopic (exact) mass is 336 g/mol. The van der Waals surface area contributed by atoms with Crippen molar-refractivity contribution in [2.75, 3.05) is 5.32 Å². The number of nitrogens with one attached hydrogen (secondary N) is 1. The topological polar surface area (TPSA) is 63.8 Å². The molecule has 0 aliphatic heterocycles. The molecule has 0 spiro atoms. The minimum atomic E-state index is 0.541. The van der Waals surface area contributed by atoms with Crippen LogP contribution in [0.3, 0.4) is 0 Å². The number of pyridine rings is 1. The Morgan fingerprint density at radius 3 is 2.67 bits per heavy atom. The van der Waals surface area contributed by atoms with E-state index in [1.807, 2.05) is 43.3 Å². The second-order valence-electron chi connectivity index (χ2n) is 5.33. The third-order valence-electron chi connectivity index (χ3n) is 3.76. The van der Waals surface area contributed by atoms with E-state index >= 15 is 0 Å². The van der Waals surface area contributed by atoms with E-state index in [0.717, 1.165) is 28.0 Å². The Morgan fingerprint density at radius 2 is 1.92 bits per heavy atom. The molecule has 0 radical (unpaired) electrons. The number of nitrogens with zero attached hydrogens (tertiary/aromatic N) is 3. The van der Waals surface area contributed by atoms with E-state index in [1.54, 1.807) is 12.4 Å². The molecule has 4 aromatic rings. The first-order valence-electron chi connectivity index (χ1n) is 7.39. The summed E-state index contributed by atoms with van der Waals surface area (Å²) in [6.45, 7) is 1.99. The number of furan rings is 1. The number of aromatic nitrogens is 3. The number of rotatable bonds is 3. The fourth-order valence-electron chi connectivity index (χ4n) is 2.62. The molecule has 0 saturated heterocycles. The summed E-state index contributed by atoms with van der Waals surface area (Å²) in [4.78, 5) is 12.7. The van der Waals surface area contributed by atoms with E-state index in [1.165, 1.54) is 6.33 Å². The van der Waals surface area contributed by atoms with Gasteiger partial charge in [-0.2, -0.15) is 0 Å². The number of fused-ring (bicyclic) bond motifs is 1. The molecule has 0 bridgehead atoms. The third kappa shape index (κ3) is 2.59. The van der Waals surface area contributed by atoms with Crippen LogP contribution in [0.5, 0.6) is 0 Å². The SMILES string of the molecule is Cc1c(-c2ccc(Cl)cc2)oc2ncnc(Nc3cccnc3)c12. The molecule has 1 aromatic carbocycles. The molecule has 0 unspecified atom stereocenters. The van der Waals surface area contributed by atoms with E-state index in [4.69, 9.17) is 16.0 Å². The zero-order chi connectivity index (χ0) is 16.5. The first-order chi connectivity index (χ1) is 11.7. The predicted molar refractivity (Wildman–Crippen MR) is 94.5 cm³/mol. The van der Waals surface area contributed by atoms with Crippen LogP contribution >= 0.6 is 11.6 Å². The van der Waals surface area contributed by atoms with Crippen LogP contribution in [0.25, 0.3) is 22.4 Å².